The van der Waals surface area contributed by atoms with E-state index in [4.69, 9.17) is 9.73 Å². The van der Waals surface area contributed by atoms with Crippen molar-refractivity contribution in [3.63, 3.8) is 0 Å². The van der Waals surface area contributed by atoms with E-state index >= 15 is 0 Å². The molecule has 154 valence electrons. The maximum absolute atomic E-state index is 5.36. The average Bonchev–Trinajstić information content (AvgIpc) is 3.42. The number of methoxy groups -OCH3 is 1. The summed E-state index contributed by atoms with van der Waals surface area (Å²) in [5.74, 6) is 0.916. The second-order valence-electron chi connectivity index (χ2n) is 8.04. The van der Waals surface area contributed by atoms with E-state index in [0.29, 0.717) is 12.0 Å². The van der Waals surface area contributed by atoms with Gasteiger partial charge in [0.15, 0.2) is 5.96 Å². The highest BCUT2D eigenvalue weighted by Crippen LogP contribution is 2.40. The van der Waals surface area contributed by atoms with E-state index in [-0.39, 0.29) is 0 Å². The molecule has 1 saturated carbocycles. The number of nitrogens with one attached hydrogen (secondary N) is 2. The van der Waals surface area contributed by atoms with Gasteiger partial charge in [-0.1, -0.05) is 37.1 Å². The molecule has 0 bridgehead atoms. The van der Waals surface area contributed by atoms with Gasteiger partial charge in [-0.3, -0.25) is 0 Å². The van der Waals surface area contributed by atoms with Gasteiger partial charge in [0, 0.05) is 45.6 Å². The molecule has 0 atom stereocenters. The lowest BCUT2D eigenvalue weighted by Crippen LogP contribution is -2.43. The Kier molecular flexibility index (Phi) is 7.78. The van der Waals surface area contributed by atoms with Crippen LogP contribution in [0.3, 0.4) is 0 Å². The maximum atomic E-state index is 5.36. The lowest BCUT2D eigenvalue weighted by Gasteiger charge is -2.30. The minimum atomic E-state index is 0.356. The van der Waals surface area contributed by atoms with Crippen LogP contribution in [0.25, 0.3) is 0 Å². The highest BCUT2D eigenvalue weighted by molar-refractivity contribution is 5.79. The molecule has 1 aromatic carbocycles. The molecule has 1 fully saturated rings. The van der Waals surface area contributed by atoms with Gasteiger partial charge in [-0.25, -0.2) is 4.99 Å². The molecule has 5 nitrogen and oxygen atoms in total. The van der Waals surface area contributed by atoms with E-state index in [1.54, 1.807) is 7.11 Å². The van der Waals surface area contributed by atoms with Gasteiger partial charge in [-0.05, 0) is 49.3 Å². The van der Waals surface area contributed by atoms with E-state index < -0.39 is 0 Å². The summed E-state index contributed by atoms with van der Waals surface area (Å²) in [6.07, 6.45) is 10.8. The van der Waals surface area contributed by atoms with Crippen molar-refractivity contribution in [2.75, 3.05) is 44.8 Å². The van der Waals surface area contributed by atoms with Crippen LogP contribution >= 0.6 is 0 Å². The minimum Gasteiger partial charge on any atom is -0.385 e. The van der Waals surface area contributed by atoms with Crippen molar-refractivity contribution in [2.24, 2.45) is 10.4 Å². The van der Waals surface area contributed by atoms with Crippen molar-refractivity contribution < 1.29 is 4.74 Å². The first-order valence-electron chi connectivity index (χ1n) is 10.7. The molecule has 28 heavy (non-hydrogen) atoms. The van der Waals surface area contributed by atoms with Crippen LogP contribution in [0.15, 0.2) is 41.4 Å². The highest BCUT2D eigenvalue weighted by Gasteiger charge is 2.33. The topological polar surface area (TPSA) is 48.9 Å². The molecule has 2 aliphatic rings. The lowest BCUT2D eigenvalue weighted by atomic mass is 9.83. The molecule has 1 heterocycles. The molecule has 2 N–H and O–H groups in total. The summed E-state index contributed by atoms with van der Waals surface area (Å²) < 4.78 is 5.36. The number of nitrogens with zero attached hydrogens (tertiary/aromatic N) is 2. The average molecular weight is 385 g/mol. The lowest BCUT2D eigenvalue weighted by molar-refractivity contribution is 0.138. The predicted molar refractivity (Wildman–Crippen MR) is 118 cm³/mol. The number of rotatable bonds is 9. The van der Waals surface area contributed by atoms with E-state index in [0.717, 1.165) is 45.2 Å². The van der Waals surface area contributed by atoms with Crippen LogP contribution in [0, 0.1) is 5.41 Å². The van der Waals surface area contributed by atoms with Crippen molar-refractivity contribution >= 4 is 11.6 Å². The predicted octanol–water partition coefficient (Wildman–Crippen LogP) is 3.71. The smallest absolute Gasteiger partial charge is 0.191 e. The molecule has 0 radical (unpaired) electrons. The molecule has 1 aliphatic heterocycles. The van der Waals surface area contributed by atoms with Gasteiger partial charge >= 0.3 is 0 Å². The zero-order chi connectivity index (χ0) is 19.7. The molecule has 1 aliphatic carbocycles. The second-order valence-corrected chi connectivity index (χ2v) is 8.04. The Morgan fingerprint density at radius 3 is 2.68 bits per heavy atom. The number of aliphatic imine (C=N–C) groups is 1. The Morgan fingerprint density at radius 2 is 1.96 bits per heavy atom. The standard InChI is InChI=1S/C23H36N4O/c1-3-24-22(26-19-23(13-16-28-2)11-4-5-12-23)25-18-20-9-8-10-21(17-20)27-14-6-7-15-27/h6-10,17H,3-5,11-16,18-19H2,1-2H3,(H2,24,25,26). The summed E-state index contributed by atoms with van der Waals surface area (Å²) in [6, 6.07) is 8.74. The number of guanidine groups is 1. The van der Waals surface area contributed by atoms with Gasteiger partial charge in [0.1, 0.15) is 0 Å². The van der Waals surface area contributed by atoms with E-state index in [9.17, 15) is 0 Å². The Bertz CT molecular complexity index is 656. The first-order chi connectivity index (χ1) is 13.7. The van der Waals surface area contributed by atoms with Crippen molar-refractivity contribution in [2.45, 2.75) is 45.6 Å². The Balaban J connectivity index is 1.60. The molecule has 0 saturated heterocycles. The Morgan fingerprint density at radius 1 is 1.18 bits per heavy atom. The molecule has 0 aromatic heterocycles. The van der Waals surface area contributed by atoms with E-state index in [2.05, 4.69) is 58.9 Å². The van der Waals surface area contributed by atoms with Gasteiger partial charge in [0.05, 0.1) is 6.54 Å². The number of benzene rings is 1. The van der Waals surface area contributed by atoms with Crippen molar-refractivity contribution in [3.05, 3.63) is 42.0 Å². The molecule has 0 spiro atoms. The first kappa shape index (κ1) is 20.7. The Labute approximate surface area is 170 Å². The monoisotopic (exact) mass is 384 g/mol. The molecule has 3 rings (SSSR count). The van der Waals surface area contributed by atoms with Crippen molar-refractivity contribution in [3.8, 4) is 0 Å². The number of hydrogen-bond acceptors (Lipinski definition) is 3. The fourth-order valence-corrected chi connectivity index (χ4v) is 4.28. The summed E-state index contributed by atoms with van der Waals surface area (Å²) in [4.78, 5) is 7.22. The number of hydrogen-bond donors (Lipinski definition) is 2. The molecule has 1 aromatic rings. The first-order valence-corrected chi connectivity index (χ1v) is 10.7. The summed E-state index contributed by atoms with van der Waals surface area (Å²) in [7, 11) is 1.80. The van der Waals surface area contributed by atoms with Crippen LogP contribution in [0.2, 0.25) is 0 Å². The Hall–Kier alpha value is -2.01. The molecule has 0 unspecified atom stereocenters. The summed E-state index contributed by atoms with van der Waals surface area (Å²) in [5, 5.41) is 7.02. The second kappa shape index (κ2) is 10.5. The van der Waals surface area contributed by atoms with E-state index in [1.807, 2.05) is 0 Å². The maximum Gasteiger partial charge on any atom is 0.191 e. The number of anilines is 1. The third-order valence-electron chi connectivity index (χ3n) is 5.99. The zero-order valence-electron chi connectivity index (χ0n) is 17.5. The number of ether oxygens (including phenoxy) is 1. The minimum absolute atomic E-state index is 0.356. The van der Waals surface area contributed by atoms with Crippen molar-refractivity contribution in [1.82, 2.24) is 10.6 Å². The van der Waals surface area contributed by atoms with Crippen LogP contribution in [-0.2, 0) is 11.3 Å². The molecule has 5 heteroatoms. The third kappa shape index (κ3) is 5.74. The summed E-state index contributed by atoms with van der Waals surface area (Å²) >= 11 is 0. The van der Waals surface area contributed by atoms with Crippen LogP contribution in [0.5, 0.6) is 0 Å². The van der Waals surface area contributed by atoms with Crippen LogP contribution < -0.4 is 15.5 Å². The van der Waals surface area contributed by atoms with Crippen molar-refractivity contribution in [1.29, 1.82) is 0 Å². The SMILES string of the molecule is CCNC(=NCc1cccc(N2CC=CC2)c1)NCC1(CCOC)CCCC1. The van der Waals surface area contributed by atoms with Gasteiger partial charge in [0.2, 0.25) is 0 Å². The van der Waals surface area contributed by atoms with Gasteiger partial charge in [-0.15, -0.1) is 0 Å². The fraction of sp³-hybridized carbons (Fsp3) is 0.609. The van der Waals surface area contributed by atoms with E-state index in [1.165, 1.54) is 36.9 Å². The zero-order valence-corrected chi connectivity index (χ0v) is 17.5. The normalized spacial score (nSPS) is 18.6. The largest absolute Gasteiger partial charge is 0.385 e. The fourth-order valence-electron chi connectivity index (χ4n) is 4.28. The van der Waals surface area contributed by atoms with Crippen LogP contribution in [-0.4, -0.2) is 45.9 Å². The quantitative estimate of drug-likeness (QED) is 0.387. The van der Waals surface area contributed by atoms with Gasteiger partial charge in [0.25, 0.3) is 0 Å². The van der Waals surface area contributed by atoms with Crippen LogP contribution in [0.1, 0.15) is 44.6 Å². The summed E-state index contributed by atoms with van der Waals surface area (Å²) in [5.41, 5.74) is 2.88. The summed E-state index contributed by atoms with van der Waals surface area (Å²) in [6.45, 7) is 7.50. The molecular formula is C23H36N4O. The molecule has 0 amide bonds. The molecular weight excluding hydrogens is 348 g/mol. The third-order valence-corrected chi connectivity index (χ3v) is 5.99. The van der Waals surface area contributed by atoms with Gasteiger partial charge in [-0.2, -0.15) is 0 Å². The van der Waals surface area contributed by atoms with Crippen LogP contribution in [0.4, 0.5) is 5.69 Å². The van der Waals surface area contributed by atoms with Gasteiger partial charge < -0.3 is 20.3 Å². The highest BCUT2D eigenvalue weighted by atomic mass is 16.5.